The molecule has 0 aliphatic heterocycles. The average Bonchev–Trinajstić information content (AvgIpc) is 2.39. The topological polar surface area (TPSA) is 108 Å². The summed E-state index contributed by atoms with van der Waals surface area (Å²) in [5.74, 6) is -0.940. The Hall–Kier alpha value is -1.34. The van der Waals surface area contributed by atoms with E-state index in [2.05, 4.69) is 10.6 Å². The van der Waals surface area contributed by atoms with Crippen LogP contribution >= 0.6 is 0 Å². The number of hydrogen-bond acceptors (Lipinski definition) is 5. The molecule has 0 saturated carbocycles. The number of rotatable bonds is 8. The van der Waals surface area contributed by atoms with Gasteiger partial charge in [-0.2, -0.15) is 0 Å². The first-order valence-corrected chi connectivity index (χ1v) is 8.79. The third-order valence-electron chi connectivity index (χ3n) is 3.78. The molecule has 0 bridgehead atoms. The molecule has 0 heterocycles. The lowest BCUT2D eigenvalue weighted by atomic mass is 9.83. The van der Waals surface area contributed by atoms with Gasteiger partial charge in [0.1, 0.15) is 5.60 Å². The van der Waals surface area contributed by atoms with Crippen molar-refractivity contribution in [3.63, 3.8) is 0 Å². The fourth-order valence-corrected chi connectivity index (χ4v) is 2.58. The van der Waals surface area contributed by atoms with Gasteiger partial charge in [0.15, 0.2) is 0 Å². The minimum Gasteiger partial charge on any atom is -0.444 e. The second-order valence-corrected chi connectivity index (χ2v) is 8.51. The molecule has 0 aromatic carbocycles. The second kappa shape index (κ2) is 9.38. The normalized spacial score (nSPS) is 16.1. The number of aliphatic hydroxyl groups excluding tert-OH is 1. The number of ether oxygens (including phenoxy) is 1. The Morgan fingerprint density at radius 2 is 1.60 bits per heavy atom. The lowest BCUT2D eigenvalue weighted by Crippen LogP contribution is -2.50. The highest BCUT2D eigenvalue weighted by molar-refractivity contribution is 5.79. The first-order valence-electron chi connectivity index (χ1n) is 8.79. The number of hydrogen-bond donors (Lipinski definition) is 4. The van der Waals surface area contributed by atoms with E-state index in [4.69, 9.17) is 4.74 Å². The minimum absolute atomic E-state index is 0.0242. The van der Waals surface area contributed by atoms with Gasteiger partial charge in [-0.05, 0) is 53.4 Å². The van der Waals surface area contributed by atoms with Crippen LogP contribution in [0.3, 0.4) is 0 Å². The summed E-state index contributed by atoms with van der Waals surface area (Å²) in [5, 5.41) is 26.1. The standard InChI is InChI=1S/C18H36N2O5/c1-11(2)9-13(20-16(23)25-17(3,4)5)14(21)10-12(15(22)19-8)18(6,7)24/h11-14,21,24H,9-10H2,1-8H3,(H,19,22)(H,20,23)/t12-,13+,14+/m1/s1. The molecule has 0 aromatic heterocycles. The van der Waals surface area contributed by atoms with Gasteiger partial charge in [0.05, 0.1) is 23.7 Å². The van der Waals surface area contributed by atoms with Crippen molar-refractivity contribution in [3.8, 4) is 0 Å². The number of carbonyl (C=O) groups is 2. The molecule has 148 valence electrons. The Bertz CT molecular complexity index is 438. The summed E-state index contributed by atoms with van der Waals surface area (Å²) >= 11 is 0. The van der Waals surface area contributed by atoms with E-state index < -0.39 is 35.4 Å². The van der Waals surface area contributed by atoms with E-state index in [1.165, 1.54) is 20.9 Å². The van der Waals surface area contributed by atoms with Crippen LogP contribution < -0.4 is 10.6 Å². The maximum atomic E-state index is 12.1. The van der Waals surface area contributed by atoms with Crippen molar-refractivity contribution in [2.45, 2.75) is 84.7 Å². The molecular weight excluding hydrogens is 324 g/mol. The van der Waals surface area contributed by atoms with Gasteiger partial charge in [0, 0.05) is 7.05 Å². The molecule has 0 unspecified atom stereocenters. The van der Waals surface area contributed by atoms with Crippen LogP contribution in [0.1, 0.15) is 61.3 Å². The van der Waals surface area contributed by atoms with E-state index in [1.54, 1.807) is 20.8 Å². The molecule has 0 fully saturated rings. The molecule has 0 aliphatic carbocycles. The summed E-state index contributed by atoms with van der Waals surface area (Å²) in [7, 11) is 1.48. The maximum absolute atomic E-state index is 12.1. The molecule has 0 saturated heterocycles. The zero-order chi connectivity index (χ0) is 20.0. The van der Waals surface area contributed by atoms with E-state index in [9.17, 15) is 19.8 Å². The van der Waals surface area contributed by atoms with Crippen molar-refractivity contribution in [1.29, 1.82) is 0 Å². The molecule has 0 aliphatic rings. The molecule has 25 heavy (non-hydrogen) atoms. The highest BCUT2D eigenvalue weighted by atomic mass is 16.6. The van der Waals surface area contributed by atoms with Crippen LogP contribution in [0, 0.1) is 11.8 Å². The molecular formula is C18H36N2O5. The fourth-order valence-electron chi connectivity index (χ4n) is 2.58. The van der Waals surface area contributed by atoms with Gasteiger partial charge in [-0.15, -0.1) is 0 Å². The lowest BCUT2D eigenvalue weighted by molar-refractivity contribution is -0.134. The maximum Gasteiger partial charge on any atom is 0.407 e. The minimum atomic E-state index is -1.30. The molecule has 7 heteroatoms. The molecule has 4 N–H and O–H groups in total. The monoisotopic (exact) mass is 360 g/mol. The quantitative estimate of drug-likeness (QED) is 0.528. The Balaban J connectivity index is 5.18. The lowest BCUT2D eigenvalue weighted by Gasteiger charge is -2.33. The zero-order valence-corrected chi connectivity index (χ0v) is 16.8. The van der Waals surface area contributed by atoms with Gasteiger partial charge in [-0.25, -0.2) is 4.79 Å². The van der Waals surface area contributed by atoms with Crippen molar-refractivity contribution in [2.75, 3.05) is 7.05 Å². The number of amides is 2. The Kier molecular flexibility index (Phi) is 8.88. The highest BCUT2D eigenvalue weighted by Crippen LogP contribution is 2.24. The van der Waals surface area contributed by atoms with Crippen molar-refractivity contribution in [1.82, 2.24) is 10.6 Å². The largest absolute Gasteiger partial charge is 0.444 e. The Labute approximate surface area is 151 Å². The molecule has 0 aromatic rings. The van der Waals surface area contributed by atoms with Gasteiger partial charge >= 0.3 is 6.09 Å². The number of aliphatic hydroxyl groups is 2. The first-order chi connectivity index (χ1) is 11.2. The smallest absolute Gasteiger partial charge is 0.407 e. The zero-order valence-electron chi connectivity index (χ0n) is 16.8. The Morgan fingerprint density at radius 3 is 1.96 bits per heavy atom. The van der Waals surface area contributed by atoms with Crippen LogP contribution in [0.4, 0.5) is 4.79 Å². The van der Waals surface area contributed by atoms with Crippen molar-refractivity contribution >= 4 is 12.0 Å². The molecule has 0 rings (SSSR count). The second-order valence-electron chi connectivity index (χ2n) is 8.51. The van der Waals surface area contributed by atoms with Crippen LogP contribution in [0.15, 0.2) is 0 Å². The van der Waals surface area contributed by atoms with Crippen LogP contribution in [0.5, 0.6) is 0 Å². The Morgan fingerprint density at radius 1 is 1.08 bits per heavy atom. The van der Waals surface area contributed by atoms with Gasteiger partial charge in [-0.3, -0.25) is 4.79 Å². The van der Waals surface area contributed by atoms with Crippen LogP contribution in [0.2, 0.25) is 0 Å². The predicted octanol–water partition coefficient (Wildman–Crippen LogP) is 1.81. The SMILES string of the molecule is CNC(=O)[C@@H](C[C@H](O)[C@H](CC(C)C)NC(=O)OC(C)(C)C)C(C)(C)O. The highest BCUT2D eigenvalue weighted by Gasteiger charge is 2.37. The number of alkyl carbamates (subject to hydrolysis) is 1. The van der Waals surface area contributed by atoms with E-state index in [0.717, 1.165) is 0 Å². The van der Waals surface area contributed by atoms with E-state index in [-0.39, 0.29) is 18.2 Å². The van der Waals surface area contributed by atoms with Crippen LogP contribution in [0.25, 0.3) is 0 Å². The van der Waals surface area contributed by atoms with Gasteiger partial charge in [-0.1, -0.05) is 13.8 Å². The third-order valence-corrected chi connectivity index (χ3v) is 3.78. The summed E-state index contributed by atoms with van der Waals surface area (Å²) < 4.78 is 5.25. The van der Waals surface area contributed by atoms with E-state index in [0.29, 0.717) is 6.42 Å². The first kappa shape index (κ1) is 23.7. The van der Waals surface area contributed by atoms with E-state index >= 15 is 0 Å². The molecule has 0 radical (unpaired) electrons. The molecule has 0 spiro atoms. The average molecular weight is 360 g/mol. The summed E-state index contributed by atoms with van der Waals surface area (Å²) in [6, 6.07) is -0.579. The number of nitrogens with one attached hydrogen (secondary N) is 2. The molecule has 3 atom stereocenters. The molecule has 7 nitrogen and oxygen atoms in total. The van der Waals surface area contributed by atoms with Crippen LogP contribution in [-0.4, -0.2) is 52.6 Å². The molecule has 2 amide bonds. The van der Waals surface area contributed by atoms with Gasteiger partial charge < -0.3 is 25.6 Å². The summed E-state index contributed by atoms with van der Waals surface area (Å²) in [6.07, 6.45) is -1.07. The third kappa shape index (κ3) is 9.65. The van der Waals surface area contributed by atoms with Crippen LogP contribution in [-0.2, 0) is 9.53 Å². The van der Waals surface area contributed by atoms with Crippen molar-refractivity contribution in [2.24, 2.45) is 11.8 Å². The summed E-state index contributed by atoms with van der Waals surface area (Å²) in [6.45, 7) is 12.3. The van der Waals surface area contributed by atoms with Crippen molar-refractivity contribution < 1.29 is 24.5 Å². The van der Waals surface area contributed by atoms with E-state index in [1.807, 2.05) is 13.8 Å². The number of carbonyl (C=O) groups excluding carboxylic acids is 2. The predicted molar refractivity (Wildman–Crippen MR) is 97.1 cm³/mol. The summed E-state index contributed by atoms with van der Waals surface area (Å²) in [4.78, 5) is 24.1. The fraction of sp³-hybridized carbons (Fsp3) is 0.889. The van der Waals surface area contributed by atoms with Crippen molar-refractivity contribution in [3.05, 3.63) is 0 Å². The summed E-state index contributed by atoms with van der Waals surface area (Å²) in [5.41, 5.74) is -1.94. The van der Waals surface area contributed by atoms with Gasteiger partial charge in [0.2, 0.25) is 5.91 Å². The van der Waals surface area contributed by atoms with Gasteiger partial charge in [0.25, 0.3) is 0 Å².